The van der Waals surface area contributed by atoms with Gasteiger partial charge in [0.15, 0.2) is 0 Å². The number of hydrogen-bond acceptors (Lipinski definition) is 2. The number of carbonyl (C=O) groups is 2. The lowest BCUT2D eigenvalue weighted by Crippen LogP contribution is -2.52. The summed E-state index contributed by atoms with van der Waals surface area (Å²) in [6.07, 6.45) is 2.73. The summed E-state index contributed by atoms with van der Waals surface area (Å²) in [6, 6.07) is -0.804. The van der Waals surface area contributed by atoms with E-state index in [4.69, 9.17) is 0 Å². The SMILES string of the molecule is CCC(C)C(NC(=O)N1CCCC1C(C)C)C(=O)O. The highest BCUT2D eigenvalue weighted by molar-refractivity contribution is 5.83. The maximum atomic E-state index is 12.2. The second-order valence-electron chi connectivity index (χ2n) is 5.80. The van der Waals surface area contributed by atoms with E-state index in [2.05, 4.69) is 19.2 Å². The summed E-state index contributed by atoms with van der Waals surface area (Å²) in [5.74, 6) is -0.621. The van der Waals surface area contributed by atoms with Crippen LogP contribution in [0, 0.1) is 11.8 Å². The van der Waals surface area contributed by atoms with E-state index in [0.717, 1.165) is 25.8 Å². The van der Waals surface area contributed by atoms with Gasteiger partial charge in [0.05, 0.1) is 0 Å². The van der Waals surface area contributed by atoms with Crippen LogP contribution < -0.4 is 5.32 Å². The highest BCUT2D eigenvalue weighted by atomic mass is 16.4. The van der Waals surface area contributed by atoms with Crippen molar-refractivity contribution in [1.82, 2.24) is 10.2 Å². The number of carboxylic acid groups (broad SMARTS) is 1. The number of hydrogen-bond donors (Lipinski definition) is 2. The van der Waals surface area contributed by atoms with Crippen molar-refractivity contribution < 1.29 is 14.7 Å². The zero-order chi connectivity index (χ0) is 14.6. The highest BCUT2D eigenvalue weighted by Gasteiger charge is 2.34. The molecule has 0 aliphatic carbocycles. The molecule has 3 atom stereocenters. The van der Waals surface area contributed by atoms with E-state index in [1.807, 2.05) is 13.8 Å². The van der Waals surface area contributed by atoms with E-state index in [1.54, 1.807) is 4.90 Å². The van der Waals surface area contributed by atoms with Crippen LogP contribution in [0.3, 0.4) is 0 Å². The van der Waals surface area contributed by atoms with Crippen LogP contribution in [0.1, 0.15) is 47.0 Å². The van der Waals surface area contributed by atoms with Gasteiger partial charge < -0.3 is 15.3 Å². The van der Waals surface area contributed by atoms with Crippen LogP contribution in [-0.2, 0) is 4.79 Å². The number of likely N-dealkylation sites (tertiary alicyclic amines) is 1. The molecule has 5 nitrogen and oxygen atoms in total. The molecule has 1 fully saturated rings. The standard InChI is InChI=1S/C14H26N2O3/c1-5-10(4)12(13(17)18)15-14(19)16-8-6-7-11(16)9(2)3/h9-12H,5-8H2,1-4H3,(H,15,19)(H,17,18). The predicted octanol–water partition coefficient (Wildman–Crippen LogP) is 2.32. The Kier molecular flexibility index (Phi) is 5.63. The summed E-state index contributed by atoms with van der Waals surface area (Å²) in [4.78, 5) is 25.3. The summed E-state index contributed by atoms with van der Waals surface area (Å²) in [6.45, 7) is 8.70. The molecule has 0 aromatic heterocycles. The molecule has 19 heavy (non-hydrogen) atoms. The van der Waals surface area contributed by atoms with Crippen molar-refractivity contribution in [3.8, 4) is 0 Å². The molecule has 0 radical (unpaired) electrons. The molecule has 0 bridgehead atoms. The van der Waals surface area contributed by atoms with E-state index in [1.165, 1.54) is 0 Å². The minimum absolute atomic E-state index is 0.0680. The molecule has 0 aromatic carbocycles. The summed E-state index contributed by atoms with van der Waals surface area (Å²) >= 11 is 0. The van der Waals surface area contributed by atoms with E-state index < -0.39 is 12.0 Å². The Labute approximate surface area is 115 Å². The van der Waals surface area contributed by atoms with Gasteiger partial charge in [-0.1, -0.05) is 34.1 Å². The van der Waals surface area contributed by atoms with Crippen molar-refractivity contribution in [1.29, 1.82) is 0 Å². The third kappa shape index (κ3) is 3.85. The van der Waals surface area contributed by atoms with Gasteiger partial charge in [0, 0.05) is 12.6 Å². The van der Waals surface area contributed by atoms with Crippen LogP contribution in [0.5, 0.6) is 0 Å². The first-order chi connectivity index (χ1) is 8.88. The summed E-state index contributed by atoms with van der Waals surface area (Å²) in [7, 11) is 0. The van der Waals surface area contributed by atoms with Gasteiger partial charge in [-0.05, 0) is 24.7 Å². The summed E-state index contributed by atoms with van der Waals surface area (Å²) < 4.78 is 0. The van der Waals surface area contributed by atoms with Crippen molar-refractivity contribution in [3.05, 3.63) is 0 Å². The topological polar surface area (TPSA) is 69.6 Å². The van der Waals surface area contributed by atoms with Gasteiger partial charge >= 0.3 is 12.0 Å². The molecule has 1 aliphatic rings. The first kappa shape index (κ1) is 15.8. The van der Waals surface area contributed by atoms with Crippen LogP contribution >= 0.6 is 0 Å². The third-order valence-corrected chi connectivity index (χ3v) is 4.09. The molecular weight excluding hydrogens is 244 g/mol. The molecule has 0 spiro atoms. The lowest BCUT2D eigenvalue weighted by atomic mass is 9.99. The lowest BCUT2D eigenvalue weighted by molar-refractivity contribution is -0.140. The van der Waals surface area contributed by atoms with Gasteiger partial charge in [-0.2, -0.15) is 0 Å². The van der Waals surface area contributed by atoms with Crippen LogP contribution in [0.15, 0.2) is 0 Å². The molecule has 1 heterocycles. The Balaban J connectivity index is 2.69. The summed E-state index contributed by atoms with van der Waals surface area (Å²) in [5, 5.41) is 11.9. The van der Waals surface area contributed by atoms with Crippen LogP contribution in [0.4, 0.5) is 4.79 Å². The maximum absolute atomic E-state index is 12.2. The van der Waals surface area contributed by atoms with Crippen molar-refractivity contribution in [2.24, 2.45) is 11.8 Å². The van der Waals surface area contributed by atoms with Crippen LogP contribution in [0.2, 0.25) is 0 Å². The Bertz CT molecular complexity index is 331. The fourth-order valence-electron chi connectivity index (χ4n) is 2.64. The van der Waals surface area contributed by atoms with Crippen LogP contribution in [0.25, 0.3) is 0 Å². The van der Waals surface area contributed by atoms with E-state index in [0.29, 0.717) is 5.92 Å². The fourth-order valence-corrected chi connectivity index (χ4v) is 2.64. The average molecular weight is 270 g/mol. The Morgan fingerprint density at radius 2 is 2.00 bits per heavy atom. The fraction of sp³-hybridized carbons (Fsp3) is 0.857. The molecule has 3 unspecified atom stereocenters. The van der Waals surface area contributed by atoms with E-state index in [9.17, 15) is 14.7 Å². The number of carbonyl (C=O) groups excluding carboxylic acids is 1. The Hall–Kier alpha value is -1.26. The quantitative estimate of drug-likeness (QED) is 0.805. The number of aliphatic carboxylic acids is 1. The van der Waals surface area contributed by atoms with Crippen molar-refractivity contribution >= 4 is 12.0 Å². The number of rotatable bonds is 5. The number of urea groups is 1. The Morgan fingerprint density at radius 1 is 1.37 bits per heavy atom. The van der Waals surface area contributed by atoms with Gasteiger partial charge in [-0.25, -0.2) is 9.59 Å². The molecule has 2 N–H and O–H groups in total. The normalized spacial score (nSPS) is 22.4. The monoisotopic (exact) mass is 270 g/mol. The molecule has 1 rings (SSSR count). The van der Waals surface area contributed by atoms with Crippen molar-refractivity contribution in [3.63, 3.8) is 0 Å². The minimum atomic E-state index is -0.956. The molecule has 110 valence electrons. The van der Waals surface area contributed by atoms with Gasteiger partial charge in [0.2, 0.25) is 0 Å². The third-order valence-electron chi connectivity index (χ3n) is 4.09. The molecule has 1 aliphatic heterocycles. The average Bonchev–Trinajstić information content (AvgIpc) is 2.83. The van der Waals surface area contributed by atoms with Crippen molar-refractivity contribution in [2.75, 3.05) is 6.54 Å². The number of nitrogens with one attached hydrogen (secondary N) is 1. The number of nitrogens with zero attached hydrogens (tertiary/aromatic N) is 1. The van der Waals surface area contributed by atoms with Gasteiger partial charge in [0.25, 0.3) is 0 Å². The van der Waals surface area contributed by atoms with Gasteiger partial charge in [0.1, 0.15) is 6.04 Å². The maximum Gasteiger partial charge on any atom is 0.326 e. The number of amides is 2. The molecular formula is C14H26N2O3. The summed E-state index contributed by atoms with van der Waals surface area (Å²) in [5.41, 5.74) is 0. The lowest BCUT2D eigenvalue weighted by Gasteiger charge is -2.30. The zero-order valence-electron chi connectivity index (χ0n) is 12.3. The smallest absolute Gasteiger partial charge is 0.326 e. The minimum Gasteiger partial charge on any atom is -0.480 e. The predicted molar refractivity (Wildman–Crippen MR) is 74.0 cm³/mol. The molecule has 5 heteroatoms. The highest BCUT2D eigenvalue weighted by Crippen LogP contribution is 2.24. The molecule has 0 saturated carbocycles. The largest absolute Gasteiger partial charge is 0.480 e. The number of carboxylic acids is 1. The zero-order valence-corrected chi connectivity index (χ0v) is 12.3. The second-order valence-corrected chi connectivity index (χ2v) is 5.80. The molecule has 0 aromatic rings. The second kappa shape index (κ2) is 6.78. The first-order valence-corrected chi connectivity index (χ1v) is 7.18. The molecule has 1 saturated heterocycles. The van der Waals surface area contributed by atoms with E-state index in [-0.39, 0.29) is 18.0 Å². The molecule has 2 amide bonds. The first-order valence-electron chi connectivity index (χ1n) is 7.18. The van der Waals surface area contributed by atoms with Gasteiger partial charge in [-0.3, -0.25) is 0 Å². The van der Waals surface area contributed by atoms with Gasteiger partial charge in [-0.15, -0.1) is 0 Å². The van der Waals surface area contributed by atoms with Crippen LogP contribution in [-0.4, -0.2) is 40.6 Å². The van der Waals surface area contributed by atoms with Crippen molar-refractivity contribution in [2.45, 2.75) is 59.0 Å². The Morgan fingerprint density at radius 3 is 2.47 bits per heavy atom. The van der Waals surface area contributed by atoms with E-state index >= 15 is 0 Å².